The van der Waals surface area contributed by atoms with Gasteiger partial charge in [-0.05, 0) is 50.5 Å². The first-order chi connectivity index (χ1) is 20.6. The maximum Gasteiger partial charge on any atom is 0.490 e. The number of carbonyl (C=O) groups is 4. The number of aliphatic carboxylic acids is 1. The van der Waals surface area contributed by atoms with E-state index in [-0.39, 0.29) is 23.9 Å². The number of alkyl halides is 3. The zero-order chi connectivity index (χ0) is 33.1. The van der Waals surface area contributed by atoms with Gasteiger partial charge in [-0.25, -0.2) is 9.59 Å². The van der Waals surface area contributed by atoms with Gasteiger partial charge in [-0.3, -0.25) is 24.4 Å². The predicted octanol–water partition coefficient (Wildman–Crippen LogP) is 3.10. The van der Waals surface area contributed by atoms with E-state index in [1.54, 1.807) is 59.5 Å². The lowest BCUT2D eigenvalue weighted by molar-refractivity contribution is -0.192. The van der Waals surface area contributed by atoms with Crippen molar-refractivity contribution in [1.29, 1.82) is 0 Å². The molecule has 2 aliphatic rings. The van der Waals surface area contributed by atoms with Gasteiger partial charge >= 0.3 is 18.2 Å². The molecule has 0 spiro atoms. The number of aromatic nitrogens is 2. The zero-order valence-corrected chi connectivity index (χ0v) is 24.7. The van der Waals surface area contributed by atoms with Crippen molar-refractivity contribution in [3.63, 3.8) is 0 Å². The van der Waals surface area contributed by atoms with Crippen LogP contribution < -0.4 is 16.1 Å². The number of hydrogen-bond acceptors (Lipinski definition) is 10. The minimum Gasteiger partial charge on any atom is -0.475 e. The number of hydroxylamine groups is 3. The number of ether oxygens (including phenoxy) is 1. The maximum absolute atomic E-state index is 12.2. The molecular weight excluding hydrogens is 593 g/mol. The van der Waals surface area contributed by atoms with Gasteiger partial charge in [-0.2, -0.15) is 23.7 Å². The lowest BCUT2D eigenvalue weighted by atomic mass is 10.0. The second kappa shape index (κ2) is 15.9. The Balaban J connectivity index is 0.000000264. The summed E-state index contributed by atoms with van der Waals surface area (Å²) in [5.74, 6) is -3.10. The Hall–Kier alpha value is -4.35. The molecule has 2 saturated heterocycles. The molecule has 4 rings (SSSR count). The summed E-state index contributed by atoms with van der Waals surface area (Å²) in [6.45, 7) is 6.49. The highest BCUT2D eigenvalue weighted by Gasteiger charge is 2.38. The van der Waals surface area contributed by atoms with Crippen molar-refractivity contribution in [2.75, 3.05) is 27.3 Å². The van der Waals surface area contributed by atoms with E-state index in [0.717, 1.165) is 17.5 Å². The molecule has 0 saturated carbocycles. The first-order valence-corrected chi connectivity index (χ1v) is 13.2. The summed E-state index contributed by atoms with van der Waals surface area (Å²) < 4.78 is 37.1. The Labute approximate surface area is 251 Å². The quantitative estimate of drug-likeness (QED) is 0.391. The number of carboxylic acid groups (broad SMARTS) is 1. The van der Waals surface area contributed by atoms with Crippen molar-refractivity contribution in [3.05, 3.63) is 59.2 Å². The molecule has 242 valence electrons. The largest absolute Gasteiger partial charge is 0.490 e. The Morgan fingerprint density at radius 3 is 1.91 bits per heavy atom. The van der Waals surface area contributed by atoms with Crippen molar-refractivity contribution >= 4 is 23.9 Å². The molecule has 2 aromatic rings. The van der Waals surface area contributed by atoms with Crippen LogP contribution in [0.1, 0.15) is 77.5 Å². The third kappa shape index (κ3) is 11.1. The Morgan fingerprint density at radius 2 is 1.45 bits per heavy atom. The third-order valence-electron chi connectivity index (χ3n) is 5.74. The van der Waals surface area contributed by atoms with Gasteiger partial charge in [0.15, 0.2) is 0 Å². The fourth-order valence-electron chi connectivity index (χ4n) is 3.71. The van der Waals surface area contributed by atoms with Gasteiger partial charge in [0.25, 0.3) is 11.8 Å². The lowest BCUT2D eigenvalue weighted by Gasteiger charge is -2.27. The van der Waals surface area contributed by atoms with Crippen molar-refractivity contribution in [2.45, 2.75) is 57.5 Å². The number of halogens is 3. The van der Waals surface area contributed by atoms with Crippen LogP contribution in [0.5, 0.6) is 0 Å². The molecule has 2 aromatic heterocycles. The van der Waals surface area contributed by atoms with Crippen molar-refractivity contribution in [2.24, 2.45) is 0 Å². The average Bonchev–Trinajstić information content (AvgIpc) is 3.69. The van der Waals surface area contributed by atoms with E-state index < -0.39 is 23.8 Å². The number of nitrogens with zero attached hydrogens (tertiary/aromatic N) is 3. The number of rotatable bonds is 4. The first kappa shape index (κ1) is 35.8. The van der Waals surface area contributed by atoms with Gasteiger partial charge in [0.2, 0.25) is 0 Å². The van der Waals surface area contributed by atoms with E-state index in [1.165, 1.54) is 11.3 Å². The SMILES string of the molecule is CNC(=O)c1cncc(C2CCON2)c1.CNC(=O)c1cncc(C2CCON2C(=O)OC(C)(C)C)c1.O=C(O)C(F)(F)F. The van der Waals surface area contributed by atoms with Gasteiger partial charge in [0.1, 0.15) is 5.60 Å². The van der Waals surface area contributed by atoms with Crippen LogP contribution in [0.4, 0.5) is 18.0 Å². The fraction of sp³-hybridized carbons (Fsp3) is 0.481. The third-order valence-corrected chi connectivity index (χ3v) is 5.74. The summed E-state index contributed by atoms with van der Waals surface area (Å²) in [6, 6.07) is 3.37. The van der Waals surface area contributed by atoms with Crippen LogP contribution in [-0.4, -0.2) is 83.1 Å². The second-order valence-electron chi connectivity index (χ2n) is 10.2. The molecule has 17 heteroatoms. The number of carbonyl (C=O) groups excluding carboxylic acids is 3. The summed E-state index contributed by atoms with van der Waals surface area (Å²) in [4.78, 5) is 62.7. The molecule has 4 heterocycles. The van der Waals surface area contributed by atoms with E-state index in [0.29, 0.717) is 30.8 Å². The first-order valence-electron chi connectivity index (χ1n) is 13.2. The maximum atomic E-state index is 12.2. The molecular formula is C27H35F3N6O8. The van der Waals surface area contributed by atoms with Gasteiger partial charge in [0.05, 0.1) is 36.4 Å². The summed E-state index contributed by atoms with van der Waals surface area (Å²) >= 11 is 0. The standard InChI is InChI=1S/C15H21N3O4.C10H13N3O2.C2HF3O2/c1-15(2,3)22-14(20)18-12(5-6-21-18)10-7-11(9-17-8-10)13(19)16-4;1-11-10(14)8-4-7(5-12-6-8)9-2-3-15-13-9;3-2(4,5)1(6)7/h7-9,12H,5-6H2,1-4H3,(H,16,19);4-6,9,13H,2-3H2,1H3,(H,11,14);(H,6,7). The smallest absolute Gasteiger partial charge is 0.475 e. The summed E-state index contributed by atoms with van der Waals surface area (Å²) in [6.07, 6.45) is 2.31. The molecule has 4 N–H and O–H groups in total. The highest BCUT2D eigenvalue weighted by Crippen LogP contribution is 2.31. The van der Waals surface area contributed by atoms with E-state index in [4.69, 9.17) is 24.3 Å². The zero-order valence-electron chi connectivity index (χ0n) is 24.7. The van der Waals surface area contributed by atoms with Crippen LogP contribution in [0.3, 0.4) is 0 Å². The van der Waals surface area contributed by atoms with Crippen LogP contribution >= 0.6 is 0 Å². The van der Waals surface area contributed by atoms with Gasteiger partial charge in [0, 0.05) is 45.3 Å². The van der Waals surface area contributed by atoms with Crippen LogP contribution in [-0.2, 0) is 19.2 Å². The van der Waals surface area contributed by atoms with Crippen LogP contribution in [0.2, 0.25) is 0 Å². The molecule has 0 aromatic carbocycles. The fourth-order valence-corrected chi connectivity index (χ4v) is 3.71. The Kier molecular flexibility index (Phi) is 13.0. The predicted molar refractivity (Wildman–Crippen MR) is 147 cm³/mol. The van der Waals surface area contributed by atoms with Crippen LogP contribution in [0.25, 0.3) is 0 Å². The van der Waals surface area contributed by atoms with E-state index in [2.05, 4.69) is 26.1 Å². The number of hydrogen-bond donors (Lipinski definition) is 4. The number of pyridine rings is 2. The van der Waals surface area contributed by atoms with Crippen molar-refractivity contribution in [3.8, 4) is 0 Å². The summed E-state index contributed by atoms with van der Waals surface area (Å²) in [5, 5.41) is 13.5. The molecule has 3 amide bonds. The minimum atomic E-state index is -5.08. The number of amides is 3. The average molecular weight is 629 g/mol. The monoisotopic (exact) mass is 628 g/mol. The van der Waals surface area contributed by atoms with Gasteiger partial charge in [-0.1, -0.05) is 0 Å². The van der Waals surface area contributed by atoms with E-state index in [9.17, 15) is 27.6 Å². The molecule has 14 nitrogen and oxygen atoms in total. The molecule has 2 fully saturated rings. The number of nitrogens with one attached hydrogen (secondary N) is 3. The minimum absolute atomic E-state index is 0.122. The molecule has 2 aliphatic heterocycles. The molecule has 0 aliphatic carbocycles. The summed E-state index contributed by atoms with van der Waals surface area (Å²) in [7, 11) is 3.16. The molecule has 2 unspecified atom stereocenters. The highest BCUT2D eigenvalue weighted by atomic mass is 19.4. The van der Waals surface area contributed by atoms with Gasteiger partial charge in [-0.15, -0.1) is 0 Å². The number of carboxylic acids is 1. The van der Waals surface area contributed by atoms with E-state index >= 15 is 0 Å². The molecule has 2 atom stereocenters. The van der Waals surface area contributed by atoms with Crippen LogP contribution in [0.15, 0.2) is 36.9 Å². The molecule has 44 heavy (non-hydrogen) atoms. The second-order valence-corrected chi connectivity index (χ2v) is 10.2. The van der Waals surface area contributed by atoms with Crippen molar-refractivity contribution in [1.82, 2.24) is 31.1 Å². The summed E-state index contributed by atoms with van der Waals surface area (Å²) in [5.41, 5.74) is 5.02. The molecule has 0 radical (unpaired) electrons. The van der Waals surface area contributed by atoms with E-state index in [1.807, 2.05) is 6.07 Å². The topological polar surface area (TPSA) is 181 Å². The van der Waals surface area contributed by atoms with Crippen molar-refractivity contribution < 1.29 is 51.9 Å². The Bertz CT molecular complexity index is 1300. The highest BCUT2D eigenvalue weighted by molar-refractivity contribution is 5.94. The molecule has 0 bridgehead atoms. The Morgan fingerprint density at radius 1 is 0.932 bits per heavy atom. The van der Waals surface area contributed by atoms with Gasteiger partial charge < -0.3 is 25.3 Å². The lowest BCUT2D eigenvalue weighted by Crippen LogP contribution is -2.35. The van der Waals surface area contributed by atoms with Crippen LogP contribution in [0, 0.1) is 0 Å². The normalized spacial score (nSPS) is 17.8.